The van der Waals surface area contributed by atoms with E-state index in [-0.39, 0.29) is 5.91 Å². The summed E-state index contributed by atoms with van der Waals surface area (Å²) in [5.41, 5.74) is 6.03. The van der Waals surface area contributed by atoms with Crippen LogP contribution in [0.3, 0.4) is 0 Å². The second-order valence-electron chi connectivity index (χ2n) is 6.51. The monoisotopic (exact) mass is 450 g/mol. The van der Waals surface area contributed by atoms with Crippen molar-refractivity contribution >= 4 is 34.0 Å². The van der Waals surface area contributed by atoms with Crippen LogP contribution in [0.25, 0.3) is 0 Å². The fourth-order valence-electron chi connectivity index (χ4n) is 2.57. The third-order valence-corrected chi connectivity index (χ3v) is 4.61. The number of aryl methyl sites for hydroxylation is 2. The first-order chi connectivity index (χ1) is 13.9. The average Bonchev–Trinajstić information content (AvgIpc) is 2.70. The van der Waals surface area contributed by atoms with Gasteiger partial charge in [0, 0.05) is 15.6 Å². The Kier molecular flexibility index (Phi) is 6.57. The Morgan fingerprint density at radius 1 is 0.931 bits per heavy atom. The van der Waals surface area contributed by atoms with Gasteiger partial charge in [-0.2, -0.15) is 5.10 Å². The lowest BCUT2D eigenvalue weighted by atomic mass is 10.1. The summed E-state index contributed by atoms with van der Waals surface area (Å²) in [6, 6.07) is 19.5. The van der Waals surface area contributed by atoms with E-state index >= 15 is 0 Å². The maximum atomic E-state index is 12.4. The van der Waals surface area contributed by atoms with E-state index in [1.165, 1.54) is 6.21 Å². The number of rotatable bonds is 5. The molecule has 1 N–H and O–H groups in total. The van der Waals surface area contributed by atoms with Crippen molar-refractivity contribution in [3.05, 3.63) is 99.0 Å². The van der Waals surface area contributed by atoms with Gasteiger partial charge in [-0.3, -0.25) is 4.79 Å². The predicted octanol–water partition coefficient (Wildman–Crippen LogP) is 5.05. The highest BCUT2D eigenvalue weighted by molar-refractivity contribution is 9.10. The van der Waals surface area contributed by atoms with Crippen molar-refractivity contribution in [1.82, 2.24) is 5.43 Å². The van der Waals surface area contributed by atoms with Crippen LogP contribution in [0.1, 0.15) is 37.4 Å². The number of esters is 1. The summed E-state index contributed by atoms with van der Waals surface area (Å²) in [6.45, 7) is 3.86. The van der Waals surface area contributed by atoms with E-state index in [0.29, 0.717) is 22.4 Å². The summed E-state index contributed by atoms with van der Waals surface area (Å²) in [7, 11) is 0. The standard InChI is InChI=1S/C23H19BrN2O3/c1-15-6-8-17(9-7-15)22(27)26-25-14-19-13-20(24)10-11-21(19)29-23(28)18-5-3-4-16(2)12-18/h3-14H,1-2H3,(H,26,27). The lowest BCUT2D eigenvalue weighted by Crippen LogP contribution is -2.17. The molecular formula is C23H19BrN2O3. The van der Waals surface area contributed by atoms with Crippen molar-refractivity contribution in [2.24, 2.45) is 5.10 Å². The highest BCUT2D eigenvalue weighted by Crippen LogP contribution is 2.23. The van der Waals surface area contributed by atoms with Gasteiger partial charge in [0.15, 0.2) is 0 Å². The number of benzene rings is 3. The first kappa shape index (κ1) is 20.5. The van der Waals surface area contributed by atoms with E-state index in [1.54, 1.807) is 48.5 Å². The maximum absolute atomic E-state index is 12.4. The van der Waals surface area contributed by atoms with E-state index in [1.807, 2.05) is 32.0 Å². The SMILES string of the molecule is Cc1ccc(C(=O)NN=Cc2cc(Br)ccc2OC(=O)c2cccc(C)c2)cc1. The zero-order valence-electron chi connectivity index (χ0n) is 16.0. The van der Waals surface area contributed by atoms with E-state index in [2.05, 4.69) is 26.5 Å². The van der Waals surface area contributed by atoms with Crippen LogP contribution in [0.4, 0.5) is 0 Å². The van der Waals surface area contributed by atoms with Crippen LogP contribution < -0.4 is 10.2 Å². The Bertz CT molecular complexity index is 1080. The van der Waals surface area contributed by atoms with Crippen molar-refractivity contribution in [2.75, 3.05) is 0 Å². The van der Waals surface area contributed by atoms with E-state index < -0.39 is 5.97 Å². The Balaban J connectivity index is 1.74. The third kappa shape index (κ3) is 5.62. The molecule has 0 unspecified atom stereocenters. The Labute approximate surface area is 177 Å². The molecule has 0 fully saturated rings. The minimum atomic E-state index is -0.464. The molecule has 0 saturated carbocycles. The number of halogens is 1. The molecule has 0 spiro atoms. The molecule has 3 aromatic rings. The highest BCUT2D eigenvalue weighted by atomic mass is 79.9. The minimum Gasteiger partial charge on any atom is -0.422 e. The fraction of sp³-hybridized carbons (Fsp3) is 0.0870. The summed E-state index contributed by atoms with van der Waals surface area (Å²) in [5, 5.41) is 4.00. The quantitative estimate of drug-likeness (QED) is 0.256. The number of carbonyl (C=O) groups is 2. The molecule has 3 aromatic carbocycles. The molecule has 29 heavy (non-hydrogen) atoms. The number of amides is 1. The lowest BCUT2D eigenvalue weighted by Gasteiger charge is -2.08. The van der Waals surface area contributed by atoms with Gasteiger partial charge in [0.05, 0.1) is 11.8 Å². The first-order valence-electron chi connectivity index (χ1n) is 8.91. The van der Waals surface area contributed by atoms with Gasteiger partial charge in [-0.25, -0.2) is 10.2 Å². The van der Waals surface area contributed by atoms with Gasteiger partial charge in [0.1, 0.15) is 5.75 Å². The molecule has 0 atom stereocenters. The highest BCUT2D eigenvalue weighted by Gasteiger charge is 2.12. The third-order valence-electron chi connectivity index (χ3n) is 4.11. The van der Waals surface area contributed by atoms with Crippen molar-refractivity contribution in [2.45, 2.75) is 13.8 Å². The number of hydrogen-bond acceptors (Lipinski definition) is 4. The smallest absolute Gasteiger partial charge is 0.343 e. The average molecular weight is 451 g/mol. The molecular weight excluding hydrogens is 432 g/mol. The van der Waals surface area contributed by atoms with Gasteiger partial charge in [0.25, 0.3) is 5.91 Å². The van der Waals surface area contributed by atoms with E-state index in [0.717, 1.165) is 15.6 Å². The zero-order chi connectivity index (χ0) is 20.8. The van der Waals surface area contributed by atoms with Gasteiger partial charge in [0.2, 0.25) is 0 Å². The fourth-order valence-corrected chi connectivity index (χ4v) is 2.95. The van der Waals surface area contributed by atoms with E-state index in [4.69, 9.17) is 4.74 Å². The second-order valence-corrected chi connectivity index (χ2v) is 7.42. The molecule has 3 rings (SSSR count). The number of hydrogen-bond donors (Lipinski definition) is 1. The number of nitrogens with one attached hydrogen (secondary N) is 1. The van der Waals surface area contributed by atoms with Gasteiger partial charge in [-0.1, -0.05) is 51.3 Å². The minimum absolute atomic E-state index is 0.324. The van der Waals surface area contributed by atoms with Crippen LogP contribution in [0.2, 0.25) is 0 Å². The van der Waals surface area contributed by atoms with Crippen LogP contribution in [-0.2, 0) is 0 Å². The topological polar surface area (TPSA) is 67.8 Å². The van der Waals surface area contributed by atoms with Crippen molar-refractivity contribution in [3.8, 4) is 5.75 Å². The molecule has 0 aromatic heterocycles. The summed E-state index contributed by atoms with van der Waals surface area (Å²) < 4.78 is 6.32. The second kappa shape index (κ2) is 9.30. The van der Waals surface area contributed by atoms with Crippen LogP contribution in [0, 0.1) is 13.8 Å². The molecule has 0 saturated heterocycles. The molecule has 5 nitrogen and oxygen atoms in total. The molecule has 6 heteroatoms. The van der Waals surface area contributed by atoms with E-state index in [9.17, 15) is 9.59 Å². The van der Waals surface area contributed by atoms with Crippen LogP contribution in [0.15, 0.2) is 76.3 Å². The Morgan fingerprint density at radius 3 is 2.41 bits per heavy atom. The van der Waals surface area contributed by atoms with Crippen molar-refractivity contribution in [3.63, 3.8) is 0 Å². The largest absolute Gasteiger partial charge is 0.422 e. The first-order valence-corrected chi connectivity index (χ1v) is 9.70. The number of hydrazone groups is 1. The molecule has 0 heterocycles. The molecule has 1 amide bonds. The van der Waals surface area contributed by atoms with Crippen LogP contribution in [0.5, 0.6) is 5.75 Å². The van der Waals surface area contributed by atoms with Crippen LogP contribution in [-0.4, -0.2) is 18.1 Å². The molecule has 0 aliphatic heterocycles. The number of carbonyl (C=O) groups excluding carboxylic acids is 2. The van der Waals surface area contributed by atoms with Crippen LogP contribution >= 0.6 is 15.9 Å². The summed E-state index contributed by atoms with van der Waals surface area (Å²) >= 11 is 3.39. The lowest BCUT2D eigenvalue weighted by molar-refractivity contribution is 0.0734. The Hall–Kier alpha value is -3.25. The molecule has 0 bridgehead atoms. The predicted molar refractivity (Wildman–Crippen MR) is 117 cm³/mol. The normalized spacial score (nSPS) is 10.7. The van der Waals surface area contributed by atoms with Gasteiger partial charge in [-0.05, 0) is 56.3 Å². The van der Waals surface area contributed by atoms with Crippen molar-refractivity contribution in [1.29, 1.82) is 0 Å². The summed E-state index contributed by atoms with van der Waals surface area (Å²) in [6.07, 6.45) is 1.44. The summed E-state index contributed by atoms with van der Waals surface area (Å²) in [5.74, 6) is -0.447. The Morgan fingerprint density at radius 2 is 1.69 bits per heavy atom. The van der Waals surface area contributed by atoms with Gasteiger partial charge in [-0.15, -0.1) is 0 Å². The molecule has 0 aliphatic rings. The van der Waals surface area contributed by atoms with Crippen molar-refractivity contribution < 1.29 is 14.3 Å². The number of ether oxygens (including phenoxy) is 1. The van der Waals surface area contributed by atoms with Gasteiger partial charge >= 0.3 is 5.97 Å². The van der Waals surface area contributed by atoms with Gasteiger partial charge < -0.3 is 4.74 Å². The number of nitrogens with zero attached hydrogens (tertiary/aromatic N) is 1. The molecule has 146 valence electrons. The molecule has 0 radical (unpaired) electrons. The maximum Gasteiger partial charge on any atom is 0.343 e. The zero-order valence-corrected chi connectivity index (χ0v) is 17.6. The summed E-state index contributed by atoms with van der Waals surface area (Å²) in [4.78, 5) is 24.6. The molecule has 0 aliphatic carbocycles.